The minimum absolute atomic E-state index is 0.373. The first-order valence-electron chi connectivity index (χ1n) is 4.67. The number of hydrogen-bond acceptors (Lipinski definition) is 2. The van der Waals surface area contributed by atoms with Gasteiger partial charge < -0.3 is 0 Å². The Kier molecular flexibility index (Phi) is 3.65. The highest BCUT2D eigenvalue weighted by atomic mass is 32.2. The van der Waals surface area contributed by atoms with E-state index in [1.54, 1.807) is 12.3 Å². The van der Waals surface area contributed by atoms with E-state index in [1.807, 2.05) is 6.92 Å². The van der Waals surface area contributed by atoms with Crippen molar-refractivity contribution in [2.24, 2.45) is 0 Å². The van der Waals surface area contributed by atoms with E-state index < -0.39 is 15.5 Å². The number of nitrogens with one attached hydrogen (secondary N) is 1. The van der Waals surface area contributed by atoms with Crippen molar-refractivity contribution in [2.45, 2.75) is 25.1 Å². The molecule has 1 rings (SSSR count). The molecule has 0 radical (unpaired) electrons. The number of rotatable bonds is 5. The maximum atomic E-state index is 11.1. The maximum Gasteiger partial charge on any atom is 0.307 e. The second-order valence-electron chi connectivity index (χ2n) is 3.27. The van der Waals surface area contributed by atoms with Gasteiger partial charge in [0, 0.05) is 6.42 Å². The predicted molar refractivity (Wildman–Crippen MR) is 56.6 cm³/mol. The van der Waals surface area contributed by atoms with Gasteiger partial charge >= 0.3 is 10.1 Å². The molecule has 1 unspecified atom stereocenters. The van der Waals surface area contributed by atoms with E-state index in [4.69, 9.17) is 4.55 Å². The van der Waals surface area contributed by atoms with Crippen LogP contribution in [-0.2, 0) is 10.1 Å². The van der Waals surface area contributed by atoms with Gasteiger partial charge in [0.15, 0.2) is 5.69 Å². The van der Waals surface area contributed by atoms with Gasteiger partial charge in [-0.3, -0.25) is 4.55 Å². The molecule has 0 aliphatic heterocycles. The van der Waals surface area contributed by atoms with Crippen LogP contribution in [0.5, 0.6) is 0 Å². The number of hydrogen-bond donors (Lipinski definition) is 2. The molecule has 6 heteroatoms. The molecular weight excluding hydrogens is 216 g/mol. The molecule has 0 amide bonds. The van der Waals surface area contributed by atoms with Crippen LogP contribution in [0.1, 0.15) is 30.8 Å². The molecule has 0 saturated carbocycles. The van der Waals surface area contributed by atoms with Crippen LogP contribution in [0.2, 0.25) is 0 Å². The quantitative estimate of drug-likeness (QED) is 0.589. The van der Waals surface area contributed by atoms with Crippen molar-refractivity contribution in [3.05, 3.63) is 24.8 Å². The van der Waals surface area contributed by atoms with Gasteiger partial charge in [0.05, 0.1) is 0 Å². The third kappa shape index (κ3) is 2.90. The van der Waals surface area contributed by atoms with Gasteiger partial charge in [0.1, 0.15) is 6.20 Å². The van der Waals surface area contributed by atoms with Gasteiger partial charge in [-0.05, 0) is 6.08 Å². The fraction of sp³-hybridized carbons (Fsp3) is 0.444. The van der Waals surface area contributed by atoms with Crippen LogP contribution in [0.3, 0.4) is 0 Å². The Hall–Kier alpha value is -1.14. The summed E-state index contributed by atoms with van der Waals surface area (Å²) in [5.74, 6) is 0. The summed E-state index contributed by atoms with van der Waals surface area (Å²) in [6.07, 6.45) is 5.72. The van der Waals surface area contributed by atoms with E-state index in [0.717, 1.165) is 0 Å². The molecule has 0 aromatic carbocycles. The van der Waals surface area contributed by atoms with Crippen molar-refractivity contribution in [3.8, 4) is 0 Å². The average molecular weight is 231 g/mol. The fourth-order valence-corrected chi connectivity index (χ4v) is 2.32. The summed E-state index contributed by atoms with van der Waals surface area (Å²) >= 11 is 0. The Morgan fingerprint density at radius 1 is 1.73 bits per heavy atom. The Morgan fingerprint density at radius 3 is 2.80 bits per heavy atom. The maximum absolute atomic E-state index is 11.1. The van der Waals surface area contributed by atoms with Crippen molar-refractivity contribution in [1.29, 1.82) is 0 Å². The van der Waals surface area contributed by atoms with Crippen LogP contribution in [0.4, 0.5) is 0 Å². The second kappa shape index (κ2) is 4.59. The van der Waals surface area contributed by atoms with Crippen LogP contribution in [0.15, 0.2) is 19.1 Å². The van der Waals surface area contributed by atoms with Crippen LogP contribution in [0, 0.1) is 0 Å². The summed E-state index contributed by atoms with van der Waals surface area (Å²) in [6, 6.07) is 0. The first-order valence-corrected chi connectivity index (χ1v) is 6.17. The van der Waals surface area contributed by atoms with Crippen molar-refractivity contribution in [3.63, 3.8) is 0 Å². The Balaban J connectivity index is 3.04. The summed E-state index contributed by atoms with van der Waals surface area (Å²) in [5.41, 5.74) is 0.708. The Bertz CT molecular complexity index is 436. The van der Waals surface area contributed by atoms with E-state index in [9.17, 15) is 8.42 Å². The number of imidazole rings is 1. The third-order valence-electron chi connectivity index (χ3n) is 2.10. The van der Waals surface area contributed by atoms with E-state index >= 15 is 0 Å². The summed E-state index contributed by atoms with van der Waals surface area (Å²) in [7, 11) is -4.07. The van der Waals surface area contributed by atoms with Crippen molar-refractivity contribution in [1.82, 2.24) is 4.98 Å². The Morgan fingerprint density at radius 2 is 2.40 bits per heavy atom. The molecule has 15 heavy (non-hydrogen) atoms. The molecule has 0 fully saturated rings. The van der Waals surface area contributed by atoms with Crippen LogP contribution < -0.4 is 4.57 Å². The molecule has 5 nitrogen and oxygen atoms in total. The predicted octanol–water partition coefficient (Wildman–Crippen LogP) is 1.13. The first-order chi connectivity index (χ1) is 6.99. The highest BCUT2D eigenvalue weighted by molar-refractivity contribution is 7.85. The van der Waals surface area contributed by atoms with E-state index in [1.165, 1.54) is 10.9 Å². The van der Waals surface area contributed by atoms with Crippen molar-refractivity contribution in [2.75, 3.05) is 0 Å². The topological polar surface area (TPSA) is 74.0 Å². The van der Waals surface area contributed by atoms with Gasteiger partial charge in [-0.2, -0.15) is 8.42 Å². The summed E-state index contributed by atoms with van der Waals surface area (Å²) in [6.45, 7) is 5.42. The minimum atomic E-state index is -4.07. The SMILES string of the molecule is C=Cc1c[n+](C(CCC)S(=O)(=O)O)c[nH]1. The van der Waals surface area contributed by atoms with Gasteiger partial charge in [0.25, 0.3) is 0 Å². The molecule has 84 valence electrons. The molecule has 1 atom stereocenters. The highest BCUT2D eigenvalue weighted by Gasteiger charge is 2.28. The van der Waals surface area contributed by atoms with E-state index in [-0.39, 0.29) is 0 Å². The Labute approximate surface area is 89.2 Å². The smallest absolute Gasteiger partial charge is 0.282 e. The van der Waals surface area contributed by atoms with Gasteiger partial charge in [-0.25, -0.2) is 9.55 Å². The molecule has 0 aliphatic carbocycles. The lowest BCUT2D eigenvalue weighted by Crippen LogP contribution is -2.41. The van der Waals surface area contributed by atoms with E-state index in [2.05, 4.69) is 11.6 Å². The van der Waals surface area contributed by atoms with Gasteiger partial charge in [-0.15, -0.1) is 0 Å². The zero-order valence-electron chi connectivity index (χ0n) is 8.55. The standard InChI is InChI=1S/C9H14N2O3S/c1-3-5-9(15(12,13)14)11-6-8(4-2)10-7-11/h4,6-7,9H,2-3,5H2,1H3,(H,12,13,14)/p+1. The number of nitrogens with zero attached hydrogens (tertiary/aromatic N) is 1. The number of aromatic amines is 1. The molecule has 1 heterocycles. The lowest BCUT2D eigenvalue weighted by atomic mass is 10.3. The molecule has 0 bridgehead atoms. The molecule has 0 spiro atoms. The molecule has 1 aromatic rings. The van der Waals surface area contributed by atoms with Crippen LogP contribution in [-0.4, -0.2) is 18.0 Å². The lowest BCUT2D eigenvalue weighted by molar-refractivity contribution is -0.701. The van der Waals surface area contributed by atoms with Gasteiger partial charge in [0.2, 0.25) is 11.7 Å². The number of H-pyrrole nitrogens is 1. The molecular formula is C9H15N2O3S+. The lowest BCUT2D eigenvalue weighted by Gasteiger charge is -2.08. The van der Waals surface area contributed by atoms with Gasteiger partial charge in [-0.1, -0.05) is 19.9 Å². The van der Waals surface area contributed by atoms with Crippen LogP contribution in [0.25, 0.3) is 6.08 Å². The molecule has 1 aromatic heterocycles. The average Bonchev–Trinajstić information content (AvgIpc) is 2.60. The molecule has 2 N–H and O–H groups in total. The first kappa shape index (κ1) is 11.9. The summed E-state index contributed by atoms with van der Waals surface area (Å²) in [4.78, 5) is 2.84. The third-order valence-corrected chi connectivity index (χ3v) is 3.27. The van der Waals surface area contributed by atoms with E-state index in [0.29, 0.717) is 18.5 Å². The fourth-order valence-electron chi connectivity index (χ4n) is 1.36. The highest BCUT2D eigenvalue weighted by Crippen LogP contribution is 2.13. The molecule has 0 aliphatic rings. The van der Waals surface area contributed by atoms with Crippen LogP contribution >= 0.6 is 0 Å². The monoisotopic (exact) mass is 231 g/mol. The van der Waals surface area contributed by atoms with Crippen molar-refractivity contribution < 1.29 is 17.5 Å². The normalized spacial score (nSPS) is 13.7. The van der Waals surface area contributed by atoms with Crippen molar-refractivity contribution >= 4 is 16.2 Å². The molecule has 0 saturated heterocycles. The largest absolute Gasteiger partial charge is 0.307 e. The zero-order valence-corrected chi connectivity index (χ0v) is 9.37. The second-order valence-corrected chi connectivity index (χ2v) is 4.84. The summed E-state index contributed by atoms with van der Waals surface area (Å²) in [5, 5.41) is -0.924. The summed E-state index contributed by atoms with van der Waals surface area (Å²) < 4.78 is 32.7. The zero-order chi connectivity index (χ0) is 11.5. The minimum Gasteiger partial charge on any atom is -0.282 e. The number of aromatic nitrogens is 2.